The number of hydrogen-bond acceptors (Lipinski definition) is 5. The Morgan fingerprint density at radius 1 is 1.03 bits per heavy atom. The number of carbonyl (C=O) groups is 1. The van der Waals surface area contributed by atoms with Gasteiger partial charge >= 0.3 is 6.03 Å². The minimum atomic E-state index is -0.0843. The number of amides is 2. The molecule has 2 aromatic carbocycles. The van der Waals surface area contributed by atoms with Crippen molar-refractivity contribution in [3.8, 4) is 0 Å². The quantitative estimate of drug-likeness (QED) is 0.573. The van der Waals surface area contributed by atoms with Crippen molar-refractivity contribution in [2.45, 2.75) is 50.9 Å². The lowest BCUT2D eigenvalue weighted by atomic mass is 10.0. The van der Waals surface area contributed by atoms with Gasteiger partial charge in [-0.05, 0) is 62.5 Å². The van der Waals surface area contributed by atoms with E-state index in [1.165, 1.54) is 11.1 Å². The molecule has 182 valence electrons. The molecule has 7 heteroatoms. The van der Waals surface area contributed by atoms with Gasteiger partial charge in [-0.3, -0.25) is 0 Å². The number of fused-ring (bicyclic) bond motifs is 2. The van der Waals surface area contributed by atoms with Gasteiger partial charge in [0.15, 0.2) is 0 Å². The second kappa shape index (κ2) is 10.0. The van der Waals surface area contributed by atoms with Gasteiger partial charge in [0.1, 0.15) is 0 Å². The Balaban J connectivity index is 1.28. The van der Waals surface area contributed by atoms with Crippen molar-refractivity contribution in [1.82, 2.24) is 25.1 Å². The molecule has 2 amide bonds. The Kier molecular flexibility index (Phi) is 6.68. The molecule has 2 aliphatic rings. The topological polar surface area (TPSA) is 73.4 Å². The Morgan fingerprint density at radius 3 is 2.40 bits per heavy atom. The summed E-state index contributed by atoms with van der Waals surface area (Å²) >= 11 is 0. The van der Waals surface area contributed by atoms with Crippen LogP contribution in [0.3, 0.4) is 0 Å². The zero-order valence-electron chi connectivity index (χ0n) is 20.7. The average molecular weight is 471 g/mol. The number of benzene rings is 2. The molecule has 0 bridgehead atoms. The highest BCUT2D eigenvalue weighted by atomic mass is 16.2. The number of likely N-dealkylation sites (N-methyl/N-ethyl adjacent to an activating group) is 1. The first-order chi connectivity index (χ1) is 17.0. The number of rotatable bonds is 6. The molecule has 7 nitrogen and oxygen atoms in total. The summed E-state index contributed by atoms with van der Waals surface area (Å²) in [7, 11) is 4.05. The molecule has 5 rings (SSSR count). The lowest BCUT2D eigenvalue weighted by Gasteiger charge is -2.36. The number of nitrogens with one attached hydrogen (secondary N) is 2. The van der Waals surface area contributed by atoms with Crippen LogP contribution in [0.4, 0.5) is 10.7 Å². The monoisotopic (exact) mass is 470 g/mol. The molecule has 0 saturated heterocycles. The van der Waals surface area contributed by atoms with Crippen LogP contribution in [0.2, 0.25) is 0 Å². The zero-order chi connectivity index (χ0) is 24.4. The molecule has 0 fully saturated rings. The molecule has 35 heavy (non-hydrogen) atoms. The van der Waals surface area contributed by atoms with Crippen LogP contribution < -0.4 is 10.6 Å². The van der Waals surface area contributed by atoms with Crippen molar-refractivity contribution in [2.24, 2.45) is 0 Å². The van der Waals surface area contributed by atoms with E-state index in [4.69, 9.17) is 4.98 Å². The van der Waals surface area contributed by atoms with Crippen molar-refractivity contribution in [2.75, 3.05) is 26.0 Å². The van der Waals surface area contributed by atoms with Crippen molar-refractivity contribution in [3.63, 3.8) is 0 Å². The highest BCUT2D eigenvalue weighted by Gasteiger charge is 2.30. The first-order valence-corrected chi connectivity index (χ1v) is 12.4. The van der Waals surface area contributed by atoms with Crippen molar-refractivity contribution < 1.29 is 4.79 Å². The third-order valence-corrected chi connectivity index (χ3v) is 7.01. The normalized spacial score (nSPS) is 18.2. The van der Waals surface area contributed by atoms with Gasteiger partial charge in [-0.2, -0.15) is 0 Å². The molecule has 1 aliphatic carbocycles. The van der Waals surface area contributed by atoms with Gasteiger partial charge < -0.3 is 20.4 Å². The highest BCUT2D eigenvalue weighted by Crippen LogP contribution is 2.26. The second-order valence-corrected chi connectivity index (χ2v) is 10.0. The summed E-state index contributed by atoms with van der Waals surface area (Å²) in [6, 6.07) is 19.0. The van der Waals surface area contributed by atoms with E-state index >= 15 is 0 Å². The largest absolute Gasteiger partial charge is 0.351 e. The van der Waals surface area contributed by atoms with Gasteiger partial charge in [-0.15, -0.1) is 0 Å². The van der Waals surface area contributed by atoms with Gasteiger partial charge in [-0.25, -0.2) is 14.8 Å². The van der Waals surface area contributed by atoms with Gasteiger partial charge in [0.05, 0.1) is 18.3 Å². The predicted molar refractivity (Wildman–Crippen MR) is 138 cm³/mol. The zero-order valence-corrected chi connectivity index (χ0v) is 20.7. The molecule has 0 saturated carbocycles. The van der Waals surface area contributed by atoms with E-state index < -0.39 is 0 Å². The summed E-state index contributed by atoms with van der Waals surface area (Å²) in [6.07, 6.45) is 4.64. The minimum absolute atomic E-state index is 0.0572. The fourth-order valence-electron chi connectivity index (χ4n) is 5.20. The lowest BCUT2D eigenvalue weighted by molar-refractivity contribution is 0.161. The van der Waals surface area contributed by atoms with E-state index in [0.717, 1.165) is 42.6 Å². The Labute approximate surface area is 207 Å². The average Bonchev–Trinajstić information content (AvgIpc) is 3.26. The van der Waals surface area contributed by atoms with E-state index in [9.17, 15) is 4.79 Å². The van der Waals surface area contributed by atoms with Crippen LogP contribution in [0.1, 0.15) is 40.9 Å². The Bertz CT molecular complexity index is 1160. The van der Waals surface area contributed by atoms with Crippen molar-refractivity contribution >= 4 is 12.0 Å². The molecular weight excluding hydrogens is 436 g/mol. The Morgan fingerprint density at radius 2 is 1.71 bits per heavy atom. The maximum Gasteiger partial charge on any atom is 0.318 e. The summed E-state index contributed by atoms with van der Waals surface area (Å²) < 4.78 is 0. The lowest BCUT2D eigenvalue weighted by Crippen LogP contribution is -2.50. The molecule has 2 N–H and O–H groups in total. The smallest absolute Gasteiger partial charge is 0.318 e. The molecular formula is C28H34N6O. The van der Waals surface area contributed by atoms with E-state index in [1.54, 1.807) is 0 Å². The van der Waals surface area contributed by atoms with E-state index in [2.05, 4.69) is 63.8 Å². The first-order valence-electron chi connectivity index (χ1n) is 12.4. The minimum Gasteiger partial charge on any atom is -0.351 e. The number of urea groups is 1. The molecule has 1 aromatic heterocycles. The van der Waals surface area contributed by atoms with Crippen LogP contribution in [-0.4, -0.2) is 58.5 Å². The van der Waals surface area contributed by atoms with Crippen molar-refractivity contribution in [1.29, 1.82) is 0 Å². The molecule has 0 unspecified atom stereocenters. The van der Waals surface area contributed by atoms with Crippen LogP contribution in [-0.2, 0) is 25.8 Å². The third-order valence-electron chi connectivity index (χ3n) is 7.01. The van der Waals surface area contributed by atoms with E-state index in [0.29, 0.717) is 18.5 Å². The number of nitrogens with zero attached hydrogens (tertiary/aromatic N) is 4. The maximum absolute atomic E-state index is 13.4. The number of carbonyl (C=O) groups excluding carboxylic acids is 1. The van der Waals surface area contributed by atoms with Gasteiger partial charge in [0.25, 0.3) is 0 Å². The fourth-order valence-corrected chi connectivity index (χ4v) is 5.20. The number of anilines is 1. The predicted octanol–water partition coefficient (Wildman–Crippen LogP) is 3.82. The maximum atomic E-state index is 13.4. The standard InChI is InChI=1S/C28H34N6O/c1-19-13-23-16-29-27(30-24-14-21-11-7-8-12-22(21)15-24)31-26(23)18-34(19)28(35)32-25(17-33(2)3)20-9-5-4-6-10-20/h4-12,16,19,24-25H,13-15,17-18H2,1-3H3,(H,32,35)(H,29,30,31)/t19-,25-/m1/s1. The SMILES string of the molecule is C[C@@H]1Cc2cnc(NC3Cc4ccccc4C3)nc2CN1C(=O)N[C@H](CN(C)C)c1ccccc1. The summed E-state index contributed by atoms with van der Waals surface area (Å²) in [4.78, 5) is 26.8. The first kappa shape index (κ1) is 23.3. The van der Waals surface area contributed by atoms with Crippen LogP contribution in [0, 0.1) is 0 Å². The number of aromatic nitrogens is 2. The van der Waals surface area contributed by atoms with E-state index in [1.807, 2.05) is 43.4 Å². The van der Waals surface area contributed by atoms with Gasteiger partial charge in [0.2, 0.25) is 5.95 Å². The summed E-state index contributed by atoms with van der Waals surface area (Å²) in [6.45, 7) is 3.30. The van der Waals surface area contributed by atoms with E-state index in [-0.39, 0.29) is 18.1 Å². The summed E-state index contributed by atoms with van der Waals surface area (Å²) in [5.41, 5.74) is 5.94. The van der Waals surface area contributed by atoms with Crippen LogP contribution >= 0.6 is 0 Å². The third kappa shape index (κ3) is 5.30. The Hall–Kier alpha value is -3.45. The van der Waals surface area contributed by atoms with Crippen LogP contribution in [0.25, 0.3) is 0 Å². The van der Waals surface area contributed by atoms with Crippen molar-refractivity contribution in [3.05, 3.63) is 88.7 Å². The molecule has 0 spiro atoms. The van der Waals surface area contributed by atoms with Gasteiger partial charge in [0, 0.05) is 24.8 Å². The highest BCUT2D eigenvalue weighted by molar-refractivity contribution is 5.75. The second-order valence-electron chi connectivity index (χ2n) is 10.0. The van der Waals surface area contributed by atoms with Crippen LogP contribution in [0.15, 0.2) is 60.8 Å². The van der Waals surface area contributed by atoms with Crippen LogP contribution in [0.5, 0.6) is 0 Å². The summed E-state index contributed by atoms with van der Waals surface area (Å²) in [5.74, 6) is 0.645. The van der Waals surface area contributed by atoms with Gasteiger partial charge in [-0.1, -0.05) is 54.6 Å². The molecule has 2 heterocycles. The molecule has 3 aromatic rings. The molecule has 1 aliphatic heterocycles. The summed E-state index contributed by atoms with van der Waals surface area (Å²) in [5, 5.41) is 6.79. The fraction of sp³-hybridized carbons (Fsp3) is 0.393. The molecule has 0 radical (unpaired) electrons. The number of hydrogen-bond donors (Lipinski definition) is 2. The molecule has 2 atom stereocenters.